The number of carbonyl (C=O) groups excluding carboxylic acids is 2. The Labute approximate surface area is 169 Å². The zero-order chi connectivity index (χ0) is 20.9. The number of hydrogen-bond acceptors (Lipinski definition) is 2. The van der Waals surface area contributed by atoms with Gasteiger partial charge in [0.15, 0.2) is 0 Å². The van der Waals surface area contributed by atoms with Crippen LogP contribution in [0.15, 0.2) is 48.5 Å². The van der Waals surface area contributed by atoms with E-state index in [0.717, 1.165) is 16.7 Å². The first kappa shape index (κ1) is 21.7. The third-order valence-electron chi connectivity index (χ3n) is 4.58. The standard InChI is InChI=1S/C24H32N2O2/c1-17-10-12-20(13-11-17)16-26(19(3)23(28)25-24(4,5)6)22(27)15-21-9-7-8-18(2)14-21/h7-14,19H,15-16H2,1-6H3,(H,25,28)/t19-/m1/s1. The molecule has 0 aliphatic carbocycles. The van der Waals surface area contributed by atoms with E-state index in [1.807, 2.05) is 83.1 Å². The van der Waals surface area contributed by atoms with E-state index >= 15 is 0 Å². The Hall–Kier alpha value is -2.62. The summed E-state index contributed by atoms with van der Waals surface area (Å²) in [6, 6.07) is 15.5. The maximum Gasteiger partial charge on any atom is 0.242 e. The number of amides is 2. The zero-order valence-corrected chi connectivity index (χ0v) is 17.9. The van der Waals surface area contributed by atoms with Crippen LogP contribution in [0.4, 0.5) is 0 Å². The first-order valence-electron chi connectivity index (χ1n) is 9.78. The van der Waals surface area contributed by atoms with E-state index in [2.05, 4.69) is 5.32 Å². The highest BCUT2D eigenvalue weighted by molar-refractivity contribution is 5.88. The average molecular weight is 381 g/mol. The first-order valence-corrected chi connectivity index (χ1v) is 9.78. The van der Waals surface area contributed by atoms with Gasteiger partial charge in [-0.2, -0.15) is 0 Å². The number of benzene rings is 2. The molecule has 0 aliphatic rings. The molecule has 0 saturated carbocycles. The van der Waals surface area contributed by atoms with E-state index in [4.69, 9.17) is 0 Å². The Morgan fingerprint density at radius 1 is 0.964 bits per heavy atom. The molecule has 1 atom stereocenters. The Morgan fingerprint density at radius 3 is 2.18 bits per heavy atom. The van der Waals surface area contributed by atoms with Crippen LogP contribution in [0.1, 0.15) is 49.9 Å². The van der Waals surface area contributed by atoms with Crippen molar-refractivity contribution in [2.75, 3.05) is 0 Å². The van der Waals surface area contributed by atoms with Crippen LogP contribution in [0.2, 0.25) is 0 Å². The molecule has 1 N–H and O–H groups in total. The Morgan fingerprint density at radius 2 is 1.61 bits per heavy atom. The zero-order valence-electron chi connectivity index (χ0n) is 17.9. The summed E-state index contributed by atoms with van der Waals surface area (Å²) in [6.07, 6.45) is 0.278. The number of aryl methyl sites for hydroxylation is 2. The minimum Gasteiger partial charge on any atom is -0.350 e. The highest BCUT2D eigenvalue weighted by Gasteiger charge is 2.28. The van der Waals surface area contributed by atoms with Crippen LogP contribution in [-0.2, 0) is 22.6 Å². The van der Waals surface area contributed by atoms with Crippen molar-refractivity contribution < 1.29 is 9.59 Å². The molecule has 2 rings (SSSR count). The largest absolute Gasteiger partial charge is 0.350 e. The van der Waals surface area contributed by atoms with E-state index in [0.29, 0.717) is 6.54 Å². The van der Waals surface area contributed by atoms with Crippen molar-refractivity contribution in [2.24, 2.45) is 0 Å². The Bertz CT molecular complexity index is 819. The van der Waals surface area contributed by atoms with Gasteiger partial charge in [-0.1, -0.05) is 59.7 Å². The predicted molar refractivity (Wildman–Crippen MR) is 114 cm³/mol. The molecule has 0 unspecified atom stereocenters. The van der Waals surface area contributed by atoms with Crippen LogP contribution < -0.4 is 5.32 Å². The van der Waals surface area contributed by atoms with Crippen molar-refractivity contribution in [3.8, 4) is 0 Å². The van der Waals surface area contributed by atoms with Crippen LogP contribution in [0, 0.1) is 13.8 Å². The van der Waals surface area contributed by atoms with Gasteiger partial charge in [-0.05, 0) is 52.7 Å². The Kier molecular flexibility index (Phi) is 7.00. The molecule has 0 fully saturated rings. The molecule has 0 radical (unpaired) electrons. The highest BCUT2D eigenvalue weighted by atomic mass is 16.2. The van der Waals surface area contributed by atoms with Gasteiger partial charge in [0.2, 0.25) is 11.8 Å². The van der Waals surface area contributed by atoms with Gasteiger partial charge in [0.25, 0.3) is 0 Å². The minimum atomic E-state index is -0.558. The molecular weight excluding hydrogens is 348 g/mol. The molecule has 4 nitrogen and oxygen atoms in total. The summed E-state index contributed by atoms with van der Waals surface area (Å²) in [5, 5.41) is 2.99. The second-order valence-corrected chi connectivity index (χ2v) is 8.59. The van der Waals surface area contributed by atoms with Gasteiger partial charge in [0.05, 0.1) is 6.42 Å². The van der Waals surface area contributed by atoms with Crippen LogP contribution >= 0.6 is 0 Å². The van der Waals surface area contributed by atoms with Gasteiger partial charge in [-0.25, -0.2) is 0 Å². The summed E-state index contributed by atoms with van der Waals surface area (Å²) in [5.74, 6) is -0.195. The fourth-order valence-corrected chi connectivity index (χ4v) is 3.05. The predicted octanol–water partition coefficient (Wildman–Crippen LogP) is 4.18. The lowest BCUT2D eigenvalue weighted by molar-refractivity contribution is -0.140. The van der Waals surface area contributed by atoms with Gasteiger partial charge in [-0.3, -0.25) is 9.59 Å². The monoisotopic (exact) mass is 380 g/mol. The number of carbonyl (C=O) groups is 2. The second kappa shape index (κ2) is 9.05. The van der Waals surface area contributed by atoms with Crippen LogP contribution in [-0.4, -0.2) is 28.3 Å². The maximum absolute atomic E-state index is 13.2. The van der Waals surface area contributed by atoms with Crippen molar-refractivity contribution in [1.82, 2.24) is 10.2 Å². The normalized spacial score (nSPS) is 12.4. The summed E-state index contributed by atoms with van der Waals surface area (Å²) in [4.78, 5) is 27.6. The SMILES string of the molecule is Cc1ccc(CN(C(=O)Cc2cccc(C)c2)[C@H](C)C(=O)NC(C)(C)C)cc1. The van der Waals surface area contributed by atoms with Crippen molar-refractivity contribution in [1.29, 1.82) is 0 Å². The third-order valence-corrected chi connectivity index (χ3v) is 4.58. The van der Waals surface area contributed by atoms with E-state index in [9.17, 15) is 9.59 Å². The van der Waals surface area contributed by atoms with Crippen molar-refractivity contribution in [3.05, 3.63) is 70.8 Å². The summed E-state index contributed by atoms with van der Waals surface area (Å²) < 4.78 is 0. The molecule has 0 aliphatic heterocycles. The van der Waals surface area contributed by atoms with Gasteiger partial charge < -0.3 is 10.2 Å². The number of nitrogens with zero attached hydrogens (tertiary/aromatic N) is 1. The minimum absolute atomic E-state index is 0.0530. The lowest BCUT2D eigenvalue weighted by Gasteiger charge is -2.31. The number of nitrogens with one attached hydrogen (secondary N) is 1. The fraction of sp³-hybridized carbons (Fsp3) is 0.417. The quantitative estimate of drug-likeness (QED) is 0.817. The molecule has 0 saturated heterocycles. The first-order chi connectivity index (χ1) is 13.0. The van der Waals surface area contributed by atoms with Crippen LogP contribution in [0.3, 0.4) is 0 Å². The highest BCUT2D eigenvalue weighted by Crippen LogP contribution is 2.15. The molecule has 150 valence electrons. The average Bonchev–Trinajstić information content (AvgIpc) is 2.59. The van der Waals surface area contributed by atoms with E-state index < -0.39 is 6.04 Å². The lowest BCUT2D eigenvalue weighted by Crippen LogP contribution is -2.52. The van der Waals surface area contributed by atoms with Gasteiger partial charge in [0, 0.05) is 12.1 Å². The van der Waals surface area contributed by atoms with Crippen LogP contribution in [0.25, 0.3) is 0 Å². The molecule has 28 heavy (non-hydrogen) atoms. The smallest absolute Gasteiger partial charge is 0.242 e. The van der Waals surface area contributed by atoms with Crippen molar-refractivity contribution >= 4 is 11.8 Å². The molecule has 2 aromatic rings. The van der Waals surface area contributed by atoms with Crippen LogP contribution in [0.5, 0.6) is 0 Å². The van der Waals surface area contributed by atoms with E-state index in [-0.39, 0.29) is 23.8 Å². The summed E-state index contributed by atoms with van der Waals surface area (Å²) in [7, 11) is 0. The molecular formula is C24H32N2O2. The fourth-order valence-electron chi connectivity index (χ4n) is 3.05. The molecule has 4 heteroatoms. The number of hydrogen-bond donors (Lipinski definition) is 1. The Balaban J connectivity index is 2.24. The molecule has 2 aromatic carbocycles. The maximum atomic E-state index is 13.2. The lowest BCUT2D eigenvalue weighted by atomic mass is 10.1. The van der Waals surface area contributed by atoms with Gasteiger partial charge >= 0.3 is 0 Å². The summed E-state index contributed by atoms with van der Waals surface area (Å²) in [6.45, 7) is 12.1. The third kappa shape index (κ3) is 6.52. The topological polar surface area (TPSA) is 49.4 Å². The van der Waals surface area contributed by atoms with Gasteiger partial charge in [0.1, 0.15) is 6.04 Å². The van der Waals surface area contributed by atoms with Gasteiger partial charge in [-0.15, -0.1) is 0 Å². The second-order valence-electron chi connectivity index (χ2n) is 8.59. The molecule has 0 bridgehead atoms. The van der Waals surface area contributed by atoms with Crippen molar-refractivity contribution in [3.63, 3.8) is 0 Å². The van der Waals surface area contributed by atoms with E-state index in [1.54, 1.807) is 11.8 Å². The summed E-state index contributed by atoms with van der Waals surface area (Å²) >= 11 is 0. The molecule has 0 heterocycles. The molecule has 0 aromatic heterocycles. The molecule has 0 spiro atoms. The van der Waals surface area contributed by atoms with Crippen molar-refractivity contribution in [2.45, 2.75) is 66.1 Å². The summed E-state index contributed by atoms with van der Waals surface area (Å²) in [5.41, 5.74) is 3.91. The number of rotatable bonds is 6. The van der Waals surface area contributed by atoms with E-state index in [1.165, 1.54) is 5.56 Å². The molecule has 2 amide bonds.